The molecular formula is C14H20N2OS. The topological polar surface area (TPSA) is 46.3 Å². The van der Waals surface area contributed by atoms with Crippen molar-refractivity contribution in [3.8, 4) is 0 Å². The maximum absolute atomic E-state index is 12.0. The van der Waals surface area contributed by atoms with Crippen molar-refractivity contribution in [1.29, 1.82) is 0 Å². The largest absolute Gasteiger partial charge is 0.393 e. The highest BCUT2D eigenvalue weighted by atomic mass is 32.1. The summed E-state index contributed by atoms with van der Waals surface area (Å²) in [4.78, 5) is 14.1. The predicted molar refractivity (Wildman–Crippen MR) is 78.5 cm³/mol. The summed E-state index contributed by atoms with van der Waals surface area (Å²) in [5, 5.41) is 0. The highest BCUT2D eigenvalue weighted by Crippen LogP contribution is 2.06. The molecule has 0 fully saturated rings. The molecule has 98 valence electrons. The van der Waals surface area contributed by atoms with Crippen LogP contribution in [0.1, 0.15) is 18.1 Å². The molecule has 1 rings (SSSR count). The van der Waals surface area contributed by atoms with Crippen molar-refractivity contribution in [1.82, 2.24) is 4.90 Å². The van der Waals surface area contributed by atoms with Crippen molar-refractivity contribution in [2.45, 2.75) is 20.3 Å². The van der Waals surface area contributed by atoms with Crippen molar-refractivity contribution < 1.29 is 4.79 Å². The average Bonchev–Trinajstić information content (AvgIpc) is 2.31. The van der Waals surface area contributed by atoms with Gasteiger partial charge < -0.3 is 10.6 Å². The van der Waals surface area contributed by atoms with Crippen LogP contribution in [0.15, 0.2) is 24.3 Å². The third-order valence-corrected chi connectivity index (χ3v) is 3.34. The standard InChI is InChI=1S/C14H20N2OS/c1-10-4-6-12(7-5-10)8-13(17)16(3)9-11(2)14(15)18/h4-7,11H,8-9H2,1-3H3,(H2,15,18). The lowest BCUT2D eigenvalue weighted by Gasteiger charge is -2.21. The van der Waals surface area contributed by atoms with Gasteiger partial charge in [0.1, 0.15) is 0 Å². The molecule has 0 radical (unpaired) electrons. The molecule has 1 atom stereocenters. The second-order valence-electron chi connectivity index (χ2n) is 4.74. The Balaban J connectivity index is 2.54. The van der Waals surface area contributed by atoms with Gasteiger partial charge in [-0.2, -0.15) is 0 Å². The van der Waals surface area contributed by atoms with Gasteiger partial charge in [0.25, 0.3) is 0 Å². The maximum Gasteiger partial charge on any atom is 0.226 e. The molecule has 1 aromatic rings. The van der Waals surface area contributed by atoms with Crippen LogP contribution >= 0.6 is 12.2 Å². The van der Waals surface area contributed by atoms with Gasteiger partial charge in [0, 0.05) is 19.5 Å². The molecule has 1 amide bonds. The molecule has 0 heterocycles. The molecule has 0 spiro atoms. The van der Waals surface area contributed by atoms with Gasteiger partial charge >= 0.3 is 0 Å². The van der Waals surface area contributed by atoms with Gasteiger partial charge in [0.15, 0.2) is 0 Å². The van der Waals surface area contributed by atoms with E-state index in [0.29, 0.717) is 18.0 Å². The van der Waals surface area contributed by atoms with Crippen LogP contribution in [0.25, 0.3) is 0 Å². The molecule has 0 aliphatic heterocycles. The first-order valence-electron chi connectivity index (χ1n) is 5.99. The number of aryl methyl sites for hydroxylation is 1. The molecule has 2 N–H and O–H groups in total. The summed E-state index contributed by atoms with van der Waals surface area (Å²) in [5.41, 5.74) is 7.77. The van der Waals surface area contributed by atoms with Gasteiger partial charge in [-0.1, -0.05) is 49.0 Å². The second-order valence-corrected chi connectivity index (χ2v) is 5.21. The quantitative estimate of drug-likeness (QED) is 0.827. The number of carbonyl (C=O) groups excluding carboxylic acids is 1. The van der Waals surface area contributed by atoms with E-state index in [1.54, 1.807) is 11.9 Å². The number of carbonyl (C=O) groups is 1. The Morgan fingerprint density at radius 1 is 1.39 bits per heavy atom. The fourth-order valence-corrected chi connectivity index (χ4v) is 1.69. The van der Waals surface area contributed by atoms with Crippen LogP contribution in [0.4, 0.5) is 0 Å². The van der Waals surface area contributed by atoms with E-state index >= 15 is 0 Å². The van der Waals surface area contributed by atoms with Gasteiger partial charge in [-0.3, -0.25) is 4.79 Å². The number of nitrogens with two attached hydrogens (primary N) is 1. The summed E-state index contributed by atoms with van der Waals surface area (Å²) in [6.07, 6.45) is 0.417. The summed E-state index contributed by atoms with van der Waals surface area (Å²) >= 11 is 4.91. The van der Waals surface area contributed by atoms with Crippen LogP contribution in [-0.4, -0.2) is 29.4 Å². The fourth-order valence-electron chi connectivity index (χ4n) is 1.62. The Kier molecular flexibility index (Phi) is 5.28. The Hall–Kier alpha value is -1.42. The first-order chi connectivity index (χ1) is 8.40. The molecule has 0 saturated heterocycles. The molecule has 18 heavy (non-hydrogen) atoms. The molecule has 0 aliphatic carbocycles. The lowest BCUT2D eigenvalue weighted by Crippen LogP contribution is -2.36. The van der Waals surface area contributed by atoms with E-state index in [1.165, 1.54) is 5.56 Å². The van der Waals surface area contributed by atoms with E-state index in [1.807, 2.05) is 38.1 Å². The van der Waals surface area contributed by atoms with Crippen molar-refractivity contribution in [2.75, 3.05) is 13.6 Å². The summed E-state index contributed by atoms with van der Waals surface area (Å²) in [7, 11) is 1.78. The van der Waals surface area contributed by atoms with E-state index in [0.717, 1.165) is 5.56 Å². The fraction of sp³-hybridized carbons (Fsp3) is 0.429. The van der Waals surface area contributed by atoms with E-state index in [9.17, 15) is 4.79 Å². The predicted octanol–water partition coefficient (Wildman–Crippen LogP) is 1.92. The zero-order chi connectivity index (χ0) is 13.7. The van der Waals surface area contributed by atoms with Crippen LogP contribution in [0, 0.1) is 12.8 Å². The lowest BCUT2D eigenvalue weighted by atomic mass is 10.1. The molecular weight excluding hydrogens is 244 g/mol. The number of thiocarbonyl (C=S) groups is 1. The number of nitrogens with zero attached hydrogens (tertiary/aromatic N) is 1. The molecule has 0 aromatic heterocycles. The van der Waals surface area contributed by atoms with E-state index in [-0.39, 0.29) is 11.8 Å². The van der Waals surface area contributed by atoms with E-state index in [4.69, 9.17) is 18.0 Å². The van der Waals surface area contributed by atoms with Crippen LogP contribution in [0.5, 0.6) is 0 Å². The maximum atomic E-state index is 12.0. The number of hydrogen-bond donors (Lipinski definition) is 1. The van der Waals surface area contributed by atoms with Crippen LogP contribution in [0.2, 0.25) is 0 Å². The van der Waals surface area contributed by atoms with E-state index in [2.05, 4.69) is 0 Å². The summed E-state index contributed by atoms with van der Waals surface area (Å²) in [6, 6.07) is 8.00. The van der Waals surface area contributed by atoms with Crippen molar-refractivity contribution >= 4 is 23.1 Å². The highest BCUT2D eigenvalue weighted by Gasteiger charge is 2.14. The van der Waals surface area contributed by atoms with Gasteiger partial charge in [0.05, 0.1) is 11.4 Å². The second kappa shape index (κ2) is 6.50. The number of benzene rings is 1. The third-order valence-electron chi connectivity index (χ3n) is 2.94. The molecule has 1 aromatic carbocycles. The SMILES string of the molecule is Cc1ccc(CC(=O)N(C)CC(C)C(N)=S)cc1. The Labute approximate surface area is 114 Å². The summed E-state index contributed by atoms with van der Waals surface area (Å²) in [6.45, 7) is 4.53. The van der Waals surface area contributed by atoms with Crippen LogP contribution in [-0.2, 0) is 11.2 Å². The molecule has 1 unspecified atom stereocenters. The number of hydrogen-bond acceptors (Lipinski definition) is 2. The Morgan fingerprint density at radius 3 is 2.44 bits per heavy atom. The van der Waals surface area contributed by atoms with Crippen LogP contribution in [0.3, 0.4) is 0 Å². The van der Waals surface area contributed by atoms with Gasteiger partial charge in [-0.15, -0.1) is 0 Å². The first kappa shape index (κ1) is 14.6. The van der Waals surface area contributed by atoms with Crippen molar-refractivity contribution in [3.05, 3.63) is 35.4 Å². The monoisotopic (exact) mass is 264 g/mol. The van der Waals surface area contributed by atoms with Gasteiger partial charge in [0.2, 0.25) is 5.91 Å². The highest BCUT2D eigenvalue weighted by molar-refractivity contribution is 7.80. The van der Waals surface area contributed by atoms with Gasteiger partial charge in [-0.25, -0.2) is 0 Å². The molecule has 0 aliphatic rings. The number of amides is 1. The zero-order valence-electron chi connectivity index (χ0n) is 11.1. The van der Waals surface area contributed by atoms with Crippen molar-refractivity contribution in [3.63, 3.8) is 0 Å². The molecule has 4 heteroatoms. The van der Waals surface area contributed by atoms with Crippen LogP contribution < -0.4 is 5.73 Å². The Morgan fingerprint density at radius 2 is 1.94 bits per heavy atom. The molecule has 0 bridgehead atoms. The molecule has 3 nitrogen and oxygen atoms in total. The van der Waals surface area contributed by atoms with Gasteiger partial charge in [-0.05, 0) is 12.5 Å². The minimum Gasteiger partial charge on any atom is -0.393 e. The van der Waals surface area contributed by atoms with Crippen molar-refractivity contribution in [2.24, 2.45) is 11.7 Å². The minimum absolute atomic E-state index is 0.0481. The normalized spacial score (nSPS) is 11.9. The average molecular weight is 264 g/mol. The smallest absolute Gasteiger partial charge is 0.226 e. The molecule has 0 saturated carbocycles. The summed E-state index contributed by atoms with van der Waals surface area (Å²) in [5.74, 6) is 0.133. The first-order valence-corrected chi connectivity index (χ1v) is 6.39. The zero-order valence-corrected chi connectivity index (χ0v) is 12.0. The van der Waals surface area contributed by atoms with E-state index < -0.39 is 0 Å². The minimum atomic E-state index is 0.0481. The number of rotatable bonds is 5. The number of likely N-dealkylation sites (N-methyl/N-ethyl adjacent to an activating group) is 1. The third kappa shape index (κ3) is 4.45. The lowest BCUT2D eigenvalue weighted by molar-refractivity contribution is -0.129. The Bertz CT molecular complexity index is 428. The summed E-state index contributed by atoms with van der Waals surface area (Å²) < 4.78 is 0.